The highest BCUT2D eigenvalue weighted by molar-refractivity contribution is 6.29. The second-order valence-corrected chi connectivity index (χ2v) is 7.97. The Morgan fingerprint density at radius 2 is 1.88 bits per heavy atom. The molecule has 1 atom stereocenters. The van der Waals surface area contributed by atoms with Gasteiger partial charge >= 0.3 is 6.18 Å². The number of amides is 1. The summed E-state index contributed by atoms with van der Waals surface area (Å²) >= 11 is 11.9. The number of carbonyl (C=O) groups excluding carboxylic acids is 1. The first-order valence-corrected chi connectivity index (χ1v) is 10.6. The van der Waals surface area contributed by atoms with Gasteiger partial charge in [0.1, 0.15) is 10.9 Å². The zero-order valence-electron chi connectivity index (χ0n) is 17.3. The van der Waals surface area contributed by atoms with Crippen molar-refractivity contribution in [2.24, 2.45) is 0 Å². The van der Waals surface area contributed by atoms with E-state index in [0.717, 1.165) is 35.5 Å². The van der Waals surface area contributed by atoms with Gasteiger partial charge < -0.3 is 4.74 Å². The maximum absolute atomic E-state index is 13.0. The van der Waals surface area contributed by atoms with Crippen LogP contribution in [0.5, 0.6) is 11.5 Å². The van der Waals surface area contributed by atoms with Crippen LogP contribution in [0.25, 0.3) is 0 Å². The van der Waals surface area contributed by atoms with E-state index in [1.807, 2.05) is 31.2 Å². The number of halogens is 5. The van der Waals surface area contributed by atoms with E-state index in [1.165, 1.54) is 12.1 Å². The van der Waals surface area contributed by atoms with Crippen LogP contribution in [0.15, 0.2) is 60.8 Å². The third kappa shape index (κ3) is 6.37. The monoisotopic (exact) mass is 498 g/mol. The van der Waals surface area contributed by atoms with Crippen LogP contribution < -0.4 is 4.74 Å². The fraction of sp³-hybridized carbons (Fsp3) is 0.217. The zero-order valence-corrected chi connectivity index (χ0v) is 18.8. The molecule has 1 N–H and O–H groups in total. The van der Waals surface area contributed by atoms with Gasteiger partial charge in [-0.2, -0.15) is 13.2 Å². The zero-order chi connectivity index (χ0) is 24.2. The van der Waals surface area contributed by atoms with E-state index in [9.17, 15) is 23.2 Å². The summed E-state index contributed by atoms with van der Waals surface area (Å²) in [5, 5.41) is 11.0. The van der Waals surface area contributed by atoms with Crippen molar-refractivity contribution in [2.75, 3.05) is 5.88 Å². The van der Waals surface area contributed by atoms with E-state index in [4.69, 9.17) is 27.9 Å². The number of hydroxylamine groups is 2. The molecule has 0 saturated carbocycles. The molecule has 174 valence electrons. The van der Waals surface area contributed by atoms with Gasteiger partial charge in [-0.15, -0.1) is 11.6 Å². The van der Waals surface area contributed by atoms with Gasteiger partial charge in [0.25, 0.3) is 5.91 Å². The fourth-order valence-electron chi connectivity index (χ4n) is 3.02. The third-order valence-corrected chi connectivity index (χ3v) is 5.34. The molecule has 0 radical (unpaired) electrons. The van der Waals surface area contributed by atoms with Crippen molar-refractivity contribution in [3.8, 4) is 11.5 Å². The second kappa shape index (κ2) is 10.4. The first-order chi connectivity index (χ1) is 15.6. The molecule has 1 aromatic heterocycles. The highest BCUT2D eigenvalue weighted by Gasteiger charge is 2.31. The minimum Gasteiger partial charge on any atom is -0.455 e. The average molecular weight is 499 g/mol. The summed E-state index contributed by atoms with van der Waals surface area (Å²) < 4.78 is 44.5. The van der Waals surface area contributed by atoms with Crippen molar-refractivity contribution in [1.82, 2.24) is 10.0 Å². The van der Waals surface area contributed by atoms with Crippen LogP contribution >= 0.6 is 23.2 Å². The summed E-state index contributed by atoms with van der Waals surface area (Å²) in [4.78, 5) is 16.9. The molecular weight excluding hydrogens is 480 g/mol. The SMILES string of the molecule is Cc1ccc(CC(CCl)N(O)C(=O)c2cc(Cl)ncc2Oc2cccc(C(F)(F)F)c2)cc1. The minimum absolute atomic E-state index is 0.0656. The van der Waals surface area contributed by atoms with Gasteiger partial charge in [0.15, 0.2) is 5.75 Å². The number of hydrogen-bond acceptors (Lipinski definition) is 4. The molecule has 0 aliphatic heterocycles. The highest BCUT2D eigenvalue weighted by atomic mass is 35.5. The van der Waals surface area contributed by atoms with Crippen LogP contribution in [0.2, 0.25) is 5.15 Å². The molecule has 1 amide bonds. The number of hydrogen-bond donors (Lipinski definition) is 1. The summed E-state index contributed by atoms with van der Waals surface area (Å²) in [5.41, 5.74) is 0.806. The molecule has 10 heteroatoms. The standard InChI is InChI=1S/C23H19Cl2F3N2O3/c1-14-5-7-15(8-6-14)9-17(12-24)30(32)22(31)19-11-21(25)29-13-20(19)33-18-4-2-3-16(10-18)23(26,27)28/h2-8,10-11,13,17,32H,9,12H2,1H3. The molecule has 0 aliphatic rings. The lowest BCUT2D eigenvalue weighted by Gasteiger charge is -2.25. The summed E-state index contributed by atoms with van der Waals surface area (Å²) in [6.07, 6.45) is -3.20. The predicted octanol–water partition coefficient (Wildman–Crippen LogP) is 6.54. The molecule has 0 bridgehead atoms. The predicted molar refractivity (Wildman–Crippen MR) is 118 cm³/mol. The molecule has 3 aromatic rings. The maximum atomic E-state index is 13.0. The molecule has 0 saturated heterocycles. The Morgan fingerprint density at radius 1 is 1.18 bits per heavy atom. The topological polar surface area (TPSA) is 62.7 Å². The minimum atomic E-state index is -4.57. The third-order valence-electron chi connectivity index (χ3n) is 4.78. The van der Waals surface area contributed by atoms with Gasteiger partial charge in [-0.1, -0.05) is 47.5 Å². The Bertz CT molecular complexity index is 1120. The fourth-order valence-corrected chi connectivity index (χ4v) is 3.42. The summed E-state index contributed by atoms with van der Waals surface area (Å²) in [7, 11) is 0. The van der Waals surface area contributed by atoms with E-state index in [0.29, 0.717) is 5.06 Å². The van der Waals surface area contributed by atoms with Crippen LogP contribution in [0.3, 0.4) is 0 Å². The molecule has 1 heterocycles. The number of pyridine rings is 1. The molecule has 1 unspecified atom stereocenters. The number of nitrogens with zero attached hydrogens (tertiary/aromatic N) is 2. The van der Waals surface area contributed by atoms with Gasteiger partial charge in [0, 0.05) is 5.88 Å². The van der Waals surface area contributed by atoms with Crippen LogP contribution in [0, 0.1) is 6.92 Å². The Labute approximate surface area is 198 Å². The van der Waals surface area contributed by atoms with E-state index in [1.54, 1.807) is 0 Å². The number of carbonyl (C=O) groups is 1. The van der Waals surface area contributed by atoms with Crippen LogP contribution in [-0.2, 0) is 12.6 Å². The van der Waals surface area contributed by atoms with Crippen molar-refractivity contribution in [2.45, 2.75) is 25.6 Å². The second-order valence-electron chi connectivity index (χ2n) is 7.28. The van der Waals surface area contributed by atoms with Crippen LogP contribution in [-0.4, -0.2) is 33.1 Å². The first kappa shape index (κ1) is 24.8. The van der Waals surface area contributed by atoms with Crippen LogP contribution in [0.1, 0.15) is 27.0 Å². The van der Waals surface area contributed by atoms with Gasteiger partial charge in [-0.05, 0) is 43.2 Å². The lowest BCUT2D eigenvalue weighted by molar-refractivity contribution is -0.137. The van der Waals surface area contributed by atoms with Gasteiger partial charge in [0.2, 0.25) is 0 Å². The summed E-state index contributed by atoms with van der Waals surface area (Å²) in [6.45, 7) is 1.93. The van der Waals surface area contributed by atoms with E-state index >= 15 is 0 Å². The molecule has 0 fully saturated rings. The van der Waals surface area contributed by atoms with Crippen molar-refractivity contribution in [3.05, 3.63) is 88.2 Å². The Morgan fingerprint density at radius 3 is 2.52 bits per heavy atom. The smallest absolute Gasteiger partial charge is 0.416 e. The van der Waals surface area contributed by atoms with Crippen molar-refractivity contribution in [3.63, 3.8) is 0 Å². The quantitative estimate of drug-likeness (QED) is 0.174. The molecule has 3 rings (SSSR count). The Balaban J connectivity index is 1.86. The number of rotatable bonds is 7. The number of aromatic nitrogens is 1. The molecular formula is C23H19Cl2F3N2O3. The van der Waals surface area contributed by atoms with E-state index < -0.39 is 23.7 Å². The summed E-state index contributed by atoms with van der Waals surface area (Å²) in [6, 6.07) is 12.0. The maximum Gasteiger partial charge on any atom is 0.416 e. The van der Waals surface area contributed by atoms with Crippen molar-refractivity contribution < 1.29 is 27.9 Å². The number of benzene rings is 2. The highest BCUT2D eigenvalue weighted by Crippen LogP contribution is 2.34. The normalized spacial score (nSPS) is 12.3. The molecule has 5 nitrogen and oxygen atoms in total. The lowest BCUT2D eigenvalue weighted by Crippen LogP contribution is -2.40. The van der Waals surface area contributed by atoms with Crippen molar-refractivity contribution >= 4 is 29.1 Å². The van der Waals surface area contributed by atoms with Gasteiger partial charge in [-0.25, -0.2) is 10.0 Å². The average Bonchev–Trinajstić information content (AvgIpc) is 2.78. The van der Waals surface area contributed by atoms with Gasteiger partial charge in [0.05, 0.1) is 23.4 Å². The largest absolute Gasteiger partial charge is 0.455 e. The Kier molecular flexibility index (Phi) is 7.84. The lowest BCUT2D eigenvalue weighted by atomic mass is 10.0. The number of alkyl halides is 4. The molecule has 0 spiro atoms. The molecule has 2 aromatic carbocycles. The summed E-state index contributed by atoms with van der Waals surface area (Å²) in [5.74, 6) is -1.30. The first-order valence-electron chi connectivity index (χ1n) is 9.73. The molecule has 0 aliphatic carbocycles. The van der Waals surface area contributed by atoms with E-state index in [-0.39, 0.29) is 34.5 Å². The van der Waals surface area contributed by atoms with Crippen LogP contribution in [0.4, 0.5) is 13.2 Å². The number of aryl methyl sites for hydroxylation is 1. The van der Waals surface area contributed by atoms with E-state index in [2.05, 4.69) is 4.98 Å². The van der Waals surface area contributed by atoms with Gasteiger partial charge in [-0.3, -0.25) is 10.0 Å². The molecule has 33 heavy (non-hydrogen) atoms. The Hall–Kier alpha value is -2.81. The van der Waals surface area contributed by atoms with Crippen molar-refractivity contribution in [1.29, 1.82) is 0 Å². The number of ether oxygens (including phenoxy) is 1.